The highest BCUT2D eigenvalue weighted by Gasteiger charge is 2.25. The maximum atomic E-state index is 12.5. The number of aliphatic hydroxyl groups is 1. The fourth-order valence-corrected chi connectivity index (χ4v) is 7.65. The molecule has 0 rings (SSSR count). The number of aliphatic carboxylic acids is 4. The molecule has 0 aromatic carbocycles. The van der Waals surface area contributed by atoms with Crippen molar-refractivity contribution in [3.63, 3.8) is 0 Å². The third-order valence-electron chi connectivity index (χ3n) is 12.9. The normalized spacial score (nSPS) is 12.4. The molecule has 0 radical (unpaired) electrons. The highest BCUT2D eigenvalue weighted by Crippen LogP contribution is 2.14. The van der Waals surface area contributed by atoms with Gasteiger partial charge in [0.25, 0.3) is 0 Å². The van der Waals surface area contributed by atoms with Gasteiger partial charge >= 0.3 is 23.9 Å². The smallest absolute Gasteiger partial charge is 0.326 e. The van der Waals surface area contributed by atoms with Crippen LogP contribution in [0.2, 0.25) is 0 Å². The van der Waals surface area contributed by atoms with Gasteiger partial charge in [-0.05, 0) is 65.2 Å². The van der Waals surface area contributed by atoms with Crippen LogP contribution < -0.4 is 54.6 Å². The zero-order valence-corrected chi connectivity index (χ0v) is 50.9. The van der Waals surface area contributed by atoms with E-state index in [1.807, 2.05) is 0 Å². The average molecular weight is 1230 g/mol. The van der Waals surface area contributed by atoms with Crippen LogP contribution >= 0.6 is 0 Å². The van der Waals surface area contributed by atoms with Crippen LogP contribution in [0.25, 0.3) is 0 Å². The molecule has 496 valence electrons. The Bertz CT molecular complexity index is 1990. The van der Waals surface area contributed by atoms with Crippen LogP contribution in [-0.4, -0.2) is 187 Å². The van der Waals surface area contributed by atoms with Crippen molar-refractivity contribution in [3.05, 3.63) is 24.6 Å². The van der Waals surface area contributed by atoms with Crippen molar-refractivity contribution in [1.82, 2.24) is 37.3 Å². The van der Waals surface area contributed by atoms with Crippen molar-refractivity contribution < 1.29 is 92.4 Å². The molecule has 0 aromatic heterocycles. The number of carboxylic acid groups (broad SMARTS) is 4. The minimum atomic E-state index is -1.48. The second kappa shape index (κ2) is 52.8. The van der Waals surface area contributed by atoms with E-state index in [1.54, 1.807) is 13.8 Å². The van der Waals surface area contributed by atoms with Crippen molar-refractivity contribution in [2.24, 2.45) is 17.3 Å². The first-order valence-electron chi connectivity index (χ1n) is 29.8. The molecular weight excluding hydrogens is 1130 g/mol. The molecule has 0 aliphatic rings. The van der Waals surface area contributed by atoms with Gasteiger partial charge in [0.15, 0.2) is 0 Å². The number of carbonyl (C=O) groups is 10. The lowest BCUT2D eigenvalue weighted by Gasteiger charge is -2.17. The topological polar surface area (TPSA) is 471 Å². The van der Waals surface area contributed by atoms with E-state index in [0.29, 0.717) is 37.9 Å². The number of nitrogens with one attached hydrogen (secondary N) is 7. The van der Waals surface area contributed by atoms with Crippen LogP contribution in [-0.2, 0) is 66.9 Å². The molecule has 6 amide bonds. The lowest BCUT2D eigenvalue weighted by atomic mass is 10.0. The van der Waals surface area contributed by atoms with E-state index in [1.165, 1.54) is 32.1 Å². The van der Waals surface area contributed by atoms with E-state index in [-0.39, 0.29) is 122 Å². The molecule has 4 atom stereocenters. The zero-order valence-electron chi connectivity index (χ0n) is 50.9. The van der Waals surface area contributed by atoms with Crippen molar-refractivity contribution in [3.8, 4) is 0 Å². The van der Waals surface area contributed by atoms with Gasteiger partial charge in [0.05, 0.1) is 51.2 Å². The van der Waals surface area contributed by atoms with Crippen LogP contribution in [0.1, 0.15) is 174 Å². The van der Waals surface area contributed by atoms with Crippen molar-refractivity contribution in [2.45, 2.75) is 204 Å². The average Bonchev–Trinajstić information content (AvgIpc) is 3.65. The number of nitrogens with two attached hydrogens (primary N) is 3. The van der Waals surface area contributed by atoms with E-state index < -0.39 is 90.1 Å². The molecule has 0 saturated heterocycles. The standard InChI is InChI=1S/C52H93N9O18.C5H11NO/c1-38(53)39(61-54)18-16-17-27-55-43(62)24-21-41(51(72)73)59-46(65)26-23-42(52(74)75)60-48(67)37-79-35-33-77-31-29-57-47(66)36-78-34-32-76-30-28-56-44(63)25-22-40(50(70)71)58-45(64)19-14-12-10-8-6-4-2-3-5-7-9-11-13-15-20-49(68)69;1-4(7)5(2,3)6/h39-42,61H,1-37,53-54H2,(H,55,62)(H,56,63)(H,57,66)(H,58,64)(H,59,65)(H,60,67)(H,68,69)(H,70,71)(H,72,73)(H,74,75);7H,1,6H2,2-3H3/t39-,40-,41-,42?;/m0./s1. The number of hydrogen-bond acceptors (Lipinski definition) is 19. The number of rotatable bonds is 56. The molecule has 86 heavy (non-hydrogen) atoms. The molecule has 0 heterocycles. The minimum Gasteiger partial charge on any atom is -0.511 e. The summed E-state index contributed by atoms with van der Waals surface area (Å²) in [5, 5.41) is 60.7. The van der Waals surface area contributed by atoms with E-state index in [2.05, 4.69) is 50.5 Å². The van der Waals surface area contributed by atoms with Gasteiger partial charge in [-0.3, -0.25) is 44.8 Å². The highest BCUT2D eigenvalue weighted by atomic mass is 16.5. The molecular formula is C57H104N10O19. The van der Waals surface area contributed by atoms with Gasteiger partial charge < -0.3 is 87.8 Å². The number of aliphatic hydroxyl groups excluding tert-OH is 1. The summed E-state index contributed by atoms with van der Waals surface area (Å²) in [6, 6.07) is -4.32. The van der Waals surface area contributed by atoms with Crippen molar-refractivity contribution in [1.29, 1.82) is 0 Å². The second-order valence-corrected chi connectivity index (χ2v) is 21.2. The maximum absolute atomic E-state index is 12.5. The Kier molecular flexibility index (Phi) is 50.1. The van der Waals surface area contributed by atoms with Crippen LogP contribution in [0.3, 0.4) is 0 Å². The quantitative estimate of drug-likeness (QED) is 0.0179. The van der Waals surface area contributed by atoms with Gasteiger partial charge in [-0.25, -0.2) is 14.4 Å². The Morgan fingerprint density at radius 1 is 0.407 bits per heavy atom. The summed E-state index contributed by atoms with van der Waals surface area (Å²) in [5.74, 6) is -2.48. The zero-order chi connectivity index (χ0) is 65.0. The summed E-state index contributed by atoms with van der Waals surface area (Å²) in [7, 11) is 0. The second-order valence-electron chi connectivity index (χ2n) is 21.2. The molecule has 1 unspecified atom stereocenters. The first-order valence-corrected chi connectivity index (χ1v) is 29.8. The van der Waals surface area contributed by atoms with E-state index >= 15 is 0 Å². The summed E-state index contributed by atoms with van der Waals surface area (Å²) >= 11 is 0. The monoisotopic (exact) mass is 1230 g/mol. The Morgan fingerprint density at radius 2 is 0.744 bits per heavy atom. The Hall–Kier alpha value is -6.50. The fraction of sp³-hybridized carbons (Fsp3) is 0.754. The lowest BCUT2D eigenvalue weighted by Crippen LogP contribution is -2.45. The van der Waals surface area contributed by atoms with Gasteiger partial charge in [-0.1, -0.05) is 90.2 Å². The number of unbranched alkanes of at least 4 members (excludes halogenated alkanes) is 14. The number of amides is 6. The molecule has 0 spiro atoms. The van der Waals surface area contributed by atoms with Crippen molar-refractivity contribution >= 4 is 59.3 Å². The molecule has 0 aliphatic heterocycles. The fourth-order valence-electron chi connectivity index (χ4n) is 7.65. The SMILES string of the molecule is C=C(N)[C@H](CCCCNC(=O)CC[C@H](NC(=O)CCC(NC(=O)COCCOCCNC(=O)COCCOCCNC(=O)CC[C@H](NC(=O)CCCCCCCCCCCCCCCCC(=O)O)C(=O)O)C(=O)O)C(=O)O)NN.C=C(O)C(C)(C)N. The molecule has 0 aromatic rings. The number of carbonyl (C=O) groups excluding carboxylic acids is 6. The summed E-state index contributed by atoms with van der Waals surface area (Å²) in [6.07, 6.45) is 15.8. The van der Waals surface area contributed by atoms with Crippen LogP contribution in [0.4, 0.5) is 0 Å². The van der Waals surface area contributed by atoms with Crippen LogP contribution in [0.5, 0.6) is 0 Å². The molecule has 0 saturated carbocycles. The number of hydrogen-bond donors (Lipinski definition) is 15. The van der Waals surface area contributed by atoms with Gasteiger partial charge in [0.1, 0.15) is 37.1 Å². The molecule has 0 fully saturated rings. The number of ether oxygens (including phenoxy) is 4. The van der Waals surface area contributed by atoms with Gasteiger partial charge in [-0.15, -0.1) is 0 Å². The summed E-state index contributed by atoms with van der Waals surface area (Å²) in [4.78, 5) is 119. The highest BCUT2D eigenvalue weighted by molar-refractivity contribution is 5.87. The molecule has 18 N–H and O–H groups in total. The minimum absolute atomic E-state index is 0.0208. The molecule has 29 heteroatoms. The Morgan fingerprint density at radius 3 is 1.13 bits per heavy atom. The summed E-state index contributed by atoms with van der Waals surface area (Å²) in [6.45, 7) is 10.6. The number of hydrazine groups is 1. The largest absolute Gasteiger partial charge is 0.511 e. The van der Waals surface area contributed by atoms with E-state index in [4.69, 9.17) is 46.5 Å². The maximum Gasteiger partial charge on any atom is 0.326 e. The first-order chi connectivity index (χ1) is 40.8. The number of carboxylic acids is 4. The molecule has 29 nitrogen and oxygen atoms in total. The third kappa shape index (κ3) is 51.9. The van der Waals surface area contributed by atoms with Crippen LogP contribution in [0.15, 0.2) is 24.6 Å². The summed E-state index contributed by atoms with van der Waals surface area (Å²) in [5.41, 5.74) is 13.3. The third-order valence-corrected chi connectivity index (χ3v) is 12.9. The van der Waals surface area contributed by atoms with Gasteiger partial charge in [0, 0.05) is 57.4 Å². The van der Waals surface area contributed by atoms with Gasteiger partial charge in [0.2, 0.25) is 35.4 Å². The molecule has 0 aliphatic carbocycles. The summed E-state index contributed by atoms with van der Waals surface area (Å²) < 4.78 is 21.2. The first kappa shape index (κ1) is 81.6. The molecule has 0 bridgehead atoms. The van der Waals surface area contributed by atoms with E-state index in [9.17, 15) is 63.3 Å². The predicted octanol–water partition coefficient (Wildman–Crippen LogP) is 2.05. The Balaban J connectivity index is 0. The van der Waals surface area contributed by atoms with Gasteiger partial charge in [-0.2, -0.15) is 0 Å². The predicted molar refractivity (Wildman–Crippen MR) is 319 cm³/mol. The lowest BCUT2D eigenvalue weighted by molar-refractivity contribution is -0.144. The van der Waals surface area contributed by atoms with Crippen LogP contribution in [0, 0.1) is 0 Å². The Labute approximate surface area is 506 Å². The van der Waals surface area contributed by atoms with Crippen molar-refractivity contribution in [2.75, 3.05) is 72.5 Å². The van der Waals surface area contributed by atoms with E-state index in [0.717, 1.165) is 51.4 Å².